The summed E-state index contributed by atoms with van der Waals surface area (Å²) in [7, 11) is 1.63. The van der Waals surface area contributed by atoms with Crippen LogP contribution in [0.25, 0.3) is 0 Å². The van der Waals surface area contributed by atoms with Crippen LogP contribution in [0.5, 0.6) is 0 Å². The van der Waals surface area contributed by atoms with Crippen LogP contribution in [0.2, 0.25) is 0 Å². The minimum absolute atomic E-state index is 0.0161. The summed E-state index contributed by atoms with van der Waals surface area (Å²) in [6.07, 6.45) is 1.87. The predicted molar refractivity (Wildman–Crippen MR) is 78.3 cm³/mol. The van der Waals surface area contributed by atoms with E-state index in [-0.39, 0.29) is 36.4 Å². The quantitative estimate of drug-likeness (QED) is 0.892. The van der Waals surface area contributed by atoms with Gasteiger partial charge in [-0.3, -0.25) is 14.5 Å². The van der Waals surface area contributed by atoms with Crippen molar-refractivity contribution in [3.8, 4) is 0 Å². The highest BCUT2D eigenvalue weighted by atomic mass is 19.1. The molecule has 1 atom stereocenters. The molecule has 1 aromatic carbocycles. The van der Waals surface area contributed by atoms with Gasteiger partial charge in [0.1, 0.15) is 5.82 Å². The molecule has 0 saturated carbocycles. The van der Waals surface area contributed by atoms with Gasteiger partial charge < -0.3 is 5.32 Å². The van der Waals surface area contributed by atoms with Gasteiger partial charge in [-0.25, -0.2) is 4.39 Å². The number of hydrogen-bond acceptors (Lipinski definition) is 3. The van der Waals surface area contributed by atoms with E-state index in [1.54, 1.807) is 25.2 Å². The normalized spacial score (nSPS) is 19.2. The SMILES string of the molecule is CNC(=O)C1CCCN(CC(=O)Cc2ccccc2F)C1. The summed E-state index contributed by atoms with van der Waals surface area (Å²) in [5.74, 6) is -0.378. The van der Waals surface area contributed by atoms with Gasteiger partial charge in [-0.1, -0.05) is 18.2 Å². The smallest absolute Gasteiger partial charge is 0.224 e. The first-order valence-electron chi connectivity index (χ1n) is 7.29. The molecule has 1 aromatic rings. The number of benzene rings is 1. The van der Waals surface area contributed by atoms with E-state index in [1.807, 2.05) is 4.90 Å². The highest BCUT2D eigenvalue weighted by Crippen LogP contribution is 2.17. The molecule has 0 aromatic heterocycles. The lowest BCUT2D eigenvalue weighted by atomic mass is 9.96. The molecule has 1 heterocycles. The maximum Gasteiger partial charge on any atom is 0.224 e. The molecule has 0 spiro atoms. The number of nitrogens with zero attached hydrogens (tertiary/aromatic N) is 1. The van der Waals surface area contributed by atoms with Gasteiger partial charge in [0.05, 0.1) is 12.5 Å². The number of carbonyl (C=O) groups excluding carboxylic acids is 2. The molecule has 1 fully saturated rings. The fourth-order valence-electron chi connectivity index (χ4n) is 2.78. The van der Waals surface area contributed by atoms with Gasteiger partial charge in [0, 0.05) is 20.0 Å². The Labute approximate surface area is 124 Å². The number of hydrogen-bond donors (Lipinski definition) is 1. The number of Topliss-reactive ketones (excluding diaryl/α,β-unsaturated/α-hetero) is 1. The number of carbonyl (C=O) groups is 2. The Morgan fingerprint density at radius 3 is 2.86 bits per heavy atom. The molecule has 1 aliphatic rings. The fraction of sp³-hybridized carbons (Fsp3) is 0.500. The molecule has 0 bridgehead atoms. The van der Waals surface area contributed by atoms with Gasteiger partial charge in [-0.2, -0.15) is 0 Å². The maximum atomic E-state index is 13.5. The minimum atomic E-state index is -0.340. The summed E-state index contributed by atoms with van der Waals surface area (Å²) in [5, 5.41) is 2.66. The van der Waals surface area contributed by atoms with Crippen LogP contribution >= 0.6 is 0 Å². The molecule has 1 N–H and O–H groups in total. The number of amides is 1. The largest absolute Gasteiger partial charge is 0.359 e. The van der Waals surface area contributed by atoms with Crippen molar-refractivity contribution in [3.63, 3.8) is 0 Å². The number of nitrogens with one attached hydrogen (secondary N) is 1. The summed E-state index contributed by atoms with van der Waals surface area (Å²) >= 11 is 0. The zero-order chi connectivity index (χ0) is 15.2. The summed E-state index contributed by atoms with van der Waals surface area (Å²) < 4.78 is 13.5. The van der Waals surface area contributed by atoms with E-state index in [1.165, 1.54) is 6.07 Å². The van der Waals surface area contributed by atoms with Gasteiger partial charge >= 0.3 is 0 Å². The third-order valence-corrected chi connectivity index (χ3v) is 3.87. The first kappa shape index (κ1) is 15.6. The summed E-state index contributed by atoms with van der Waals surface area (Å²) in [4.78, 5) is 25.7. The van der Waals surface area contributed by atoms with Crippen LogP contribution < -0.4 is 5.32 Å². The van der Waals surface area contributed by atoms with E-state index in [2.05, 4.69) is 5.32 Å². The zero-order valence-electron chi connectivity index (χ0n) is 12.3. The van der Waals surface area contributed by atoms with Crippen LogP contribution in [0.4, 0.5) is 4.39 Å². The second-order valence-corrected chi connectivity index (χ2v) is 5.50. The molecule has 114 valence electrons. The highest BCUT2D eigenvalue weighted by Gasteiger charge is 2.26. The van der Waals surface area contributed by atoms with Crippen LogP contribution in [-0.4, -0.2) is 43.3 Å². The molecule has 2 rings (SSSR count). The molecule has 1 saturated heterocycles. The average Bonchev–Trinajstić information content (AvgIpc) is 2.49. The third-order valence-electron chi connectivity index (χ3n) is 3.87. The molecule has 4 nitrogen and oxygen atoms in total. The second-order valence-electron chi connectivity index (χ2n) is 5.50. The molecular formula is C16H21FN2O2. The van der Waals surface area contributed by atoms with Gasteiger partial charge in [0.2, 0.25) is 5.91 Å². The fourth-order valence-corrected chi connectivity index (χ4v) is 2.78. The van der Waals surface area contributed by atoms with E-state index < -0.39 is 0 Å². The minimum Gasteiger partial charge on any atom is -0.359 e. The van der Waals surface area contributed by atoms with Crippen molar-refractivity contribution in [2.45, 2.75) is 19.3 Å². The Bertz CT molecular complexity index is 519. The lowest BCUT2D eigenvalue weighted by Crippen LogP contribution is -2.44. The standard InChI is InChI=1S/C16H21FN2O2/c1-18-16(21)13-6-4-8-19(10-13)11-14(20)9-12-5-2-3-7-15(12)17/h2-3,5,7,13H,4,6,8-11H2,1H3,(H,18,21). The van der Waals surface area contributed by atoms with Crippen LogP contribution in [0.15, 0.2) is 24.3 Å². The maximum absolute atomic E-state index is 13.5. The second kappa shape index (κ2) is 7.31. The number of rotatable bonds is 5. The topological polar surface area (TPSA) is 49.4 Å². The van der Waals surface area contributed by atoms with Crippen molar-refractivity contribution in [2.24, 2.45) is 5.92 Å². The Morgan fingerprint density at radius 2 is 2.14 bits per heavy atom. The molecule has 1 unspecified atom stereocenters. The van der Waals surface area contributed by atoms with Gasteiger partial charge in [-0.15, -0.1) is 0 Å². The van der Waals surface area contributed by atoms with E-state index in [0.717, 1.165) is 19.4 Å². The lowest BCUT2D eigenvalue weighted by molar-refractivity contribution is -0.127. The molecule has 0 radical (unpaired) electrons. The molecule has 0 aliphatic carbocycles. The summed E-state index contributed by atoms with van der Waals surface area (Å²) in [6.45, 7) is 1.70. The van der Waals surface area contributed by atoms with E-state index in [0.29, 0.717) is 12.1 Å². The number of halogens is 1. The Morgan fingerprint density at radius 1 is 1.38 bits per heavy atom. The molecule has 21 heavy (non-hydrogen) atoms. The molecule has 1 aliphatic heterocycles. The summed E-state index contributed by atoms with van der Waals surface area (Å²) in [5.41, 5.74) is 0.433. The van der Waals surface area contributed by atoms with Crippen molar-refractivity contribution < 1.29 is 14.0 Å². The lowest BCUT2D eigenvalue weighted by Gasteiger charge is -2.31. The average molecular weight is 292 g/mol. The Balaban J connectivity index is 1.88. The van der Waals surface area contributed by atoms with Crippen molar-refractivity contribution in [2.75, 3.05) is 26.7 Å². The van der Waals surface area contributed by atoms with Crippen molar-refractivity contribution in [1.82, 2.24) is 10.2 Å². The molecule has 1 amide bonds. The van der Waals surface area contributed by atoms with E-state index in [9.17, 15) is 14.0 Å². The summed E-state index contributed by atoms with van der Waals surface area (Å²) in [6, 6.07) is 6.35. The predicted octanol–water partition coefficient (Wildman–Crippen LogP) is 1.40. The molecular weight excluding hydrogens is 271 g/mol. The zero-order valence-corrected chi connectivity index (χ0v) is 12.3. The number of likely N-dealkylation sites (tertiary alicyclic amines) is 1. The van der Waals surface area contributed by atoms with Gasteiger partial charge in [-0.05, 0) is 31.0 Å². The van der Waals surface area contributed by atoms with Crippen molar-refractivity contribution >= 4 is 11.7 Å². The van der Waals surface area contributed by atoms with E-state index in [4.69, 9.17) is 0 Å². The van der Waals surface area contributed by atoms with Gasteiger partial charge in [0.15, 0.2) is 5.78 Å². The van der Waals surface area contributed by atoms with Crippen molar-refractivity contribution in [1.29, 1.82) is 0 Å². The van der Waals surface area contributed by atoms with Crippen molar-refractivity contribution in [3.05, 3.63) is 35.6 Å². The third kappa shape index (κ3) is 4.36. The first-order chi connectivity index (χ1) is 10.1. The van der Waals surface area contributed by atoms with Crippen LogP contribution in [0, 0.1) is 11.7 Å². The van der Waals surface area contributed by atoms with Crippen LogP contribution in [0.1, 0.15) is 18.4 Å². The van der Waals surface area contributed by atoms with Crippen LogP contribution in [-0.2, 0) is 16.0 Å². The van der Waals surface area contributed by atoms with Crippen LogP contribution in [0.3, 0.4) is 0 Å². The number of piperidine rings is 1. The first-order valence-corrected chi connectivity index (χ1v) is 7.29. The highest BCUT2D eigenvalue weighted by molar-refractivity contribution is 5.83. The van der Waals surface area contributed by atoms with Gasteiger partial charge in [0.25, 0.3) is 0 Å². The Kier molecular flexibility index (Phi) is 5.44. The Hall–Kier alpha value is -1.75. The van der Waals surface area contributed by atoms with E-state index >= 15 is 0 Å². The monoisotopic (exact) mass is 292 g/mol. The number of ketones is 1. The molecule has 5 heteroatoms.